The Labute approximate surface area is 117 Å². The van der Waals surface area contributed by atoms with E-state index >= 15 is 0 Å². The molecule has 1 unspecified atom stereocenters. The van der Waals surface area contributed by atoms with Crippen molar-refractivity contribution in [3.8, 4) is 0 Å². The lowest BCUT2D eigenvalue weighted by Crippen LogP contribution is -2.26. The summed E-state index contributed by atoms with van der Waals surface area (Å²) in [5.41, 5.74) is 3.90. The maximum atomic E-state index is 5.70. The van der Waals surface area contributed by atoms with Gasteiger partial charge in [0.05, 0.1) is 25.9 Å². The van der Waals surface area contributed by atoms with Crippen molar-refractivity contribution >= 4 is 0 Å². The van der Waals surface area contributed by atoms with E-state index in [-0.39, 0.29) is 6.04 Å². The third kappa shape index (κ3) is 6.19. The SMILES string of the molecule is CCNC(COCCOCC)c1cc(C)cc(C)c1. The minimum Gasteiger partial charge on any atom is -0.379 e. The van der Waals surface area contributed by atoms with Gasteiger partial charge in [-0.25, -0.2) is 0 Å². The molecule has 19 heavy (non-hydrogen) atoms. The molecular formula is C16H27NO2. The van der Waals surface area contributed by atoms with Gasteiger partial charge >= 0.3 is 0 Å². The van der Waals surface area contributed by atoms with Gasteiger partial charge in [-0.3, -0.25) is 0 Å². The Morgan fingerprint density at radius 1 is 1.00 bits per heavy atom. The normalized spacial score (nSPS) is 12.6. The summed E-state index contributed by atoms with van der Waals surface area (Å²) in [4.78, 5) is 0. The summed E-state index contributed by atoms with van der Waals surface area (Å²) < 4.78 is 11.0. The first-order chi connectivity index (χ1) is 9.17. The van der Waals surface area contributed by atoms with Crippen LogP contribution in [0.25, 0.3) is 0 Å². The number of ether oxygens (including phenoxy) is 2. The summed E-state index contributed by atoms with van der Waals surface area (Å²) in [6, 6.07) is 6.91. The van der Waals surface area contributed by atoms with Gasteiger partial charge in [0.2, 0.25) is 0 Å². The molecule has 0 aliphatic heterocycles. The lowest BCUT2D eigenvalue weighted by Gasteiger charge is -2.19. The van der Waals surface area contributed by atoms with E-state index < -0.39 is 0 Å². The molecule has 0 aliphatic carbocycles. The highest BCUT2D eigenvalue weighted by atomic mass is 16.5. The quantitative estimate of drug-likeness (QED) is 0.696. The van der Waals surface area contributed by atoms with E-state index in [0.717, 1.165) is 13.2 Å². The van der Waals surface area contributed by atoms with Crippen LogP contribution in [0, 0.1) is 13.8 Å². The van der Waals surface area contributed by atoms with Crippen molar-refractivity contribution in [3.63, 3.8) is 0 Å². The van der Waals surface area contributed by atoms with Crippen molar-refractivity contribution in [2.45, 2.75) is 33.7 Å². The second-order valence-electron chi connectivity index (χ2n) is 4.80. The van der Waals surface area contributed by atoms with Gasteiger partial charge in [-0.15, -0.1) is 0 Å². The fourth-order valence-corrected chi connectivity index (χ4v) is 2.19. The highest BCUT2D eigenvalue weighted by Gasteiger charge is 2.11. The van der Waals surface area contributed by atoms with E-state index in [2.05, 4.69) is 44.3 Å². The average molecular weight is 265 g/mol. The van der Waals surface area contributed by atoms with Gasteiger partial charge in [0.25, 0.3) is 0 Å². The first kappa shape index (κ1) is 16.2. The molecule has 0 aliphatic rings. The highest BCUT2D eigenvalue weighted by molar-refractivity contribution is 5.30. The van der Waals surface area contributed by atoms with Gasteiger partial charge < -0.3 is 14.8 Å². The zero-order valence-corrected chi connectivity index (χ0v) is 12.7. The van der Waals surface area contributed by atoms with Crippen LogP contribution in [0.4, 0.5) is 0 Å². The van der Waals surface area contributed by atoms with Gasteiger partial charge in [-0.05, 0) is 32.9 Å². The summed E-state index contributed by atoms with van der Waals surface area (Å²) in [5, 5.41) is 3.48. The Morgan fingerprint density at radius 3 is 2.21 bits per heavy atom. The molecule has 1 N–H and O–H groups in total. The standard InChI is InChI=1S/C16H27NO2/c1-5-17-16(12-19-8-7-18-6-2)15-10-13(3)9-14(4)11-15/h9-11,16-17H,5-8,12H2,1-4H3. The minimum absolute atomic E-state index is 0.255. The van der Waals surface area contributed by atoms with E-state index in [0.29, 0.717) is 19.8 Å². The highest BCUT2D eigenvalue weighted by Crippen LogP contribution is 2.17. The number of likely N-dealkylation sites (N-methyl/N-ethyl adjacent to an activating group) is 1. The monoisotopic (exact) mass is 265 g/mol. The average Bonchev–Trinajstić information content (AvgIpc) is 2.36. The molecule has 0 amide bonds. The van der Waals surface area contributed by atoms with Gasteiger partial charge in [0.15, 0.2) is 0 Å². The molecule has 1 aromatic rings. The summed E-state index contributed by atoms with van der Waals surface area (Å²) in [7, 11) is 0. The third-order valence-electron chi connectivity index (χ3n) is 2.96. The van der Waals surface area contributed by atoms with E-state index in [1.807, 2.05) is 6.92 Å². The van der Waals surface area contributed by atoms with Crippen molar-refractivity contribution < 1.29 is 9.47 Å². The fourth-order valence-electron chi connectivity index (χ4n) is 2.19. The predicted octanol–water partition coefficient (Wildman–Crippen LogP) is 3.01. The van der Waals surface area contributed by atoms with Crippen LogP contribution in [-0.2, 0) is 9.47 Å². The summed E-state index contributed by atoms with van der Waals surface area (Å²) >= 11 is 0. The smallest absolute Gasteiger partial charge is 0.0701 e. The molecule has 0 fully saturated rings. The van der Waals surface area contributed by atoms with Crippen molar-refractivity contribution in [3.05, 3.63) is 34.9 Å². The number of hydrogen-bond donors (Lipinski definition) is 1. The number of hydrogen-bond acceptors (Lipinski definition) is 3. The summed E-state index contributed by atoms with van der Waals surface area (Å²) in [6.45, 7) is 12.1. The van der Waals surface area contributed by atoms with Gasteiger partial charge in [-0.1, -0.05) is 36.2 Å². The van der Waals surface area contributed by atoms with Crippen LogP contribution in [0.5, 0.6) is 0 Å². The molecule has 0 bridgehead atoms. The van der Waals surface area contributed by atoms with Crippen molar-refractivity contribution in [1.29, 1.82) is 0 Å². The lowest BCUT2D eigenvalue weighted by molar-refractivity contribution is 0.0435. The molecule has 1 atom stereocenters. The van der Waals surface area contributed by atoms with Crippen LogP contribution in [0.15, 0.2) is 18.2 Å². The van der Waals surface area contributed by atoms with Crippen LogP contribution in [0.3, 0.4) is 0 Å². The van der Waals surface area contributed by atoms with Crippen LogP contribution < -0.4 is 5.32 Å². The molecule has 0 radical (unpaired) electrons. The molecule has 0 saturated heterocycles. The Hall–Kier alpha value is -0.900. The second kappa shape index (κ2) is 9.08. The second-order valence-corrected chi connectivity index (χ2v) is 4.80. The molecule has 0 spiro atoms. The van der Waals surface area contributed by atoms with Crippen molar-refractivity contribution in [2.75, 3.05) is 33.0 Å². The zero-order valence-electron chi connectivity index (χ0n) is 12.7. The first-order valence-corrected chi connectivity index (χ1v) is 7.14. The van der Waals surface area contributed by atoms with Crippen LogP contribution in [-0.4, -0.2) is 33.0 Å². The van der Waals surface area contributed by atoms with Crippen LogP contribution in [0.2, 0.25) is 0 Å². The summed E-state index contributed by atoms with van der Waals surface area (Å²) in [6.07, 6.45) is 0. The third-order valence-corrected chi connectivity index (χ3v) is 2.96. The number of benzene rings is 1. The van der Waals surface area contributed by atoms with Gasteiger partial charge in [0, 0.05) is 6.61 Å². The molecule has 3 heteroatoms. The van der Waals surface area contributed by atoms with Crippen LogP contribution in [0.1, 0.15) is 36.6 Å². The Bertz CT molecular complexity index is 346. The summed E-state index contributed by atoms with van der Waals surface area (Å²) in [5.74, 6) is 0. The van der Waals surface area contributed by atoms with E-state index in [4.69, 9.17) is 9.47 Å². The first-order valence-electron chi connectivity index (χ1n) is 7.14. The fraction of sp³-hybridized carbons (Fsp3) is 0.625. The number of aryl methyl sites for hydroxylation is 2. The zero-order chi connectivity index (χ0) is 14.1. The van der Waals surface area contributed by atoms with E-state index in [1.54, 1.807) is 0 Å². The topological polar surface area (TPSA) is 30.5 Å². The number of rotatable bonds is 9. The van der Waals surface area contributed by atoms with E-state index in [1.165, 1.54) is 16.7 Å². The molecule has 0 saturated carbocycles. The number of nitrogens with one attached hydrogen (secondary N) is 1. The van der Waals surface area contributed by atoms with Crippen molar-refractivity contribution in [2.24, 2.45) is 0 Å². The van der Waals surface area contributed by atoms with Gasteiger partial charge in [-0.2, -0.15) is 0 Å². The largest absolute Gasteiger partial charge is 0.379 e. The molecule has 108 valence electrons. The maximum Gasteiger partial charge on any atom is 0.0701 e. The Morgan fingerprint density at radius 2 is 1.63 bits per heavy atom. The van der Waals surface area contributed by atoms with Gasteiger partial charge in [0.1, 0.15) is 0 Å². The minimum atomic E-state index is 0.255. The molecule has 3 nitrogen and oxygen atoms in total. The Balaban J connectivity index is 2.55. The predicted molar refractivity (Wildman–Crippen MR) is 79.6 cm³/mol. The molecule has 0 aromatic heterocycles. The Kier molecular flexibility index (Phi) is 7.72. The van der Waals surface area contributed by atoms with Crippen molar-refractivity contribution in [1.82, 2.24) is 5.32 Å². The molecular weight excluding hydrogens is 238 g/mol. The maximum absolute atomic E-state index is 5.70. The lowest BCUT2D eigenvalue weighted by atomic mass is 10.0. The molecule has 1 rings (SSSR count). The van der Waals surface area contributed by atoms with Crippen LogP contribution >= 0.6 is 0 Å². The molecule has 1 aromatic carbocycles. The van der Waals surface area contributed by atoms with E-state index in [9.17, 15) is 0 Å². The molecule has 0 heterocycles.